The van der Waals surface area contributed by atoms with Crippen LogP contribution < -0.4 is 5.32 Å². The number of carbonyl (C=O) groups excluding carboxylic acids is 2. The van der Waals surface area contributed by atoms with Gasteiger partial charge >= 0.3 is 0 Å². The largest absolute Gasteiger partial charge is 0.508 e. The molecule has 7 nitrogen and oxygen atoms in total. The molecule has 0 bridgehead atoms. The van der Waals surface area contributed by atoms with Gasteiger partial charge in [0.1, 0.15) is 12.3 Å². The van der Waals surface area contributed by atoms with Gasteiger partial charge in [0, 0.05) is 16.6 Å². The fourth-order valence-corrected chi connectivity index (χ4v) is 5.20. The normalized spacial score (nSPS) is 17.8. The van der Waals surface area contributed by atoms with E-state index in [9.17, 15) is 23.1 Å². The highest BCUT2D eigenvalue weighted by molar-refractivity contribution is 7.89. The van der Waals surface area contributed by atoms with Crippen molar-refractivity contribution in [3.63, 3.8) is 0 Å². The Morgan fingerprint density at radius 2 is 1.79 bits per heavy atom. The van der Waals surface area contributed by atoms with Crippen LogP contribution >= 0.6 is 23.2 Å². The Kier molecular flexibility index (Phi) is 6.07. The third-order valence-corrected chi connectivity index (χ3v) is 7.01. The topological polar surface area (TPSA) is 104 Å². The van der Waals surface area contributed by atoms with Gasteiger partial charge in [-0.3, -0.25) is 9.59 Å². The Hall–Kier alpha value is -2.29. The molecule has 154 valence electrons. The molecule has 2 aromatic rings. The van der Waals surface area contributed by atoms with Crippen LogP contribution in [0.25, 0.3) is 0 Å². The lowest BCUT2D eigenvalue weighted by Gasteiger charge is -2.24. The van der Waals surface area contributed by atoms with Gasteiger partial charge < -0.3 is 10.4 Å². The van der Waals surface area contributed by atoms with Gasteiger partial charge in [0.2, 0.25) is 11.8 Å². The van der Waals surface area contributed by atoms with Crippen LogP contribution in [0.1, 0.15) is 11.1 Å². The van der Waals surface area contributed by atoms with Gasteiger partial charge in [-0.25, -0.2) is 12.7 Å². The maximum atomic E-state index is 13.2. The van der Waals surface area contributed by atoms with Gasteiger partial charge in [-0.15, -0.1) is 0 Å². The van der Waals surface area contributed by atoms with Crippen LogP contribution in [-0.4, -0.2) is 42.7 Å². The van der Waals surface area contributed by atoms with Gasteiger partial charge in [-0.2, -0.15) is 0 Å². The Morgan fingerprint density at radius 3 is 2.48 bits per heavy atom. The van der Waals surface area contributed by atoms with Crippen LogP contribution in [0.4, 0.5) is 0 Å². The van der Waals surface area contributed by atoms with E-state index in [-0.39, 0.29) is 23.6 Å². The first-order chi connectivity index (χ1) is 13.6. The number of nitrogens with zero attached hydrogens (tertiary/aromatic N) is 1. The average Bonchev–Trinajstić information content (AvgIpc) is 2.78. The minimum atomic E-state index is -4.28. The van der Waals surface area contributed by atoms with E-state index in [1.165, 1.54) is 36.4 Å². The zero-order chi connectivity index (χ0) is 21.3. The molecule has 10 heteroatoms. The molecule has 0 aliphatic carbocycles. The second-order valence-electron chi connectivity index (χ2n) is 6.74. The second-order valence-corrected chi connectivity index (χ2v) is 9.44. The summed E-state index contributed by atoms with van der Waals surface area (Å²) in [5.74, 6) is -2.29. The van der Waals surface area contributed by atoms with Crippen molar-refractivity contribution >= 4 is 45.0 Å². The van der Waals surface area contributed by atoms with Crippen molar-refractivity contribution in [2.45, 2.75) is 18.2 Å². The van der Waals surface area contributed by atoms with Crippen LogP contribution in [0.2, 0.25) is 10.0 Å². The van der Waals surface area contributed by atoms with Gasteiger partial charge in [-0.05, 0) is 60.9 Å². The number of aryl methyl sites for hydroxylation is 1. The molecule has 0 radical (unpaired) electrons. The highest BCUT2D eigenvalue weighted by Crippen LogP contribution is 2.28. The number of phenols is 1. The minimum absolute atomic E-state index is 0.0110. The number of benzene rings is 2. The summed E-state index contributed by atoms with van der Waals surface area (Å²) in [6.07, 6.45) is 0.0110. The highest BCUT2D eigenvalue weighted by Gasteiger charge is 2.38. The predicted molar refractivity (Wildman–Crippen MR) is 108 cm³/mol. The van der Waals surface area contributed by atoms with Crippen molar-refractivity contribution in [3.8, 4) is 5.75 Å². The van der Waals surface area contributed by atoms with Crippen LogP contribution in [0.3, 0.4) is 0 Å². The Bertz CT molecular complexity index is 1090. The van der Waals surface area contributed by atoms with Crippen molar-refractivity contribution in [2.75, 3.05) is 13.1 Å². The number of nitrogens with one attached hydrogen (secondary N) is 1. The van der Waals surface area contributed by atoms with Crippen molar-refractivity contribution in [1.29, 1.82) is 0 Å². The second kappa shape index (κ2) is 8.22. The summed E-state index contributed by atoms with van der Waals surface area (Å²) >= 11 is 11.9. The van der Waals surface area contributed by atoms with Crippen LogP contribution in [0.5, 0.6) is 5.75 Å². The van der Waals surface area contributed by atoms with Crippen molar-refractivity contribution in [2.24, 2.45) is 5.92 Å². The number of hydrogen-bond acceptors (Lipinski definition) is 5. The van der Waals surface area contributed by atoms with Gasteiger partial charge in [0.05, 0.1) is 10.8 Å². The van der Waals surface area contributed by atoms with E-state index < -0.39 is 34.3 Å². The van der Waals surface area contributed by atoms with E-state index >= 15 is 0 Å². The molecule has 3 rings (SSSR count). The van der Waals surface area contributed by atoms with Gasteiger partial charge in [0.15, 0.2) is 0 Å². The summed E-state index contributed by atoms with van der Waals surface area (Å²) in [5, 5.41) is 13.3. The Balaban J connectivity index is 1.98. The first-order valence-corrected chi connectivity index (χ1v) is 10.9. The summed E-state index contributed by atoms with van der Waals surface area (Å²) in [5.41, 5.74) is 0.742. The number of aromatic hydroxyl groups is 1. The van der Waals surface area contributed by atoms with Crippen molar-refractivity contribution in [1.82, 2.24) is 9.62 Å². The number of rotatable bonds is 4. The molecule has 0 spiro atoms. The molecule has 1 aliphatic rings. The lowest BCUT2D eigenvalue weighted by atomic mass is 9.98. The molecule has 1 fully saturated rings. The zero-order valence-electron chi connectivity index (χ0n) is 15.4. The molecule has 1 atom stereocenters. The van der Waals surface area contributed by atoms with Crippen LogP contribution in [0, 0.1) is 12.8 Å². The van der Waals surface area contributed by atoms with Gasteiger partial charge in [0.25, 0.3) is 10.0 Å². The first kappa shape index (κ1) is 21.4. The molecule has 1 heterocycles. The zero-order valence-corrected chi connectivity index (χ0v) is 17.7. The van der Waals surface area contributed by atoms with Crippen molar-refractivity contribution < 1.29 is 23.1 Å². The minimum Gasteiger partial charge on any atom is -0.508 e. The SMILES string of the molecule is Cc1cc(Cl)ccc1S(=O)(=O)N1CC(=O)NCC(Cc2cc(Cl)ccc2O)C1=O. The first-order valence-electron chi connectivity index (χ1n) is 8.66. The number of carbonyl (C=O) groups is 2. The fourth-order valence-electron chi connectivity index (χ4n) is 3.16. The number of sulfonamides is 1. The fraction of sp³-hybridized carbons (Fsp3) is 0.263. The number of amides is 2. The molecule has 1 aliphatic heterocycles. The van der Waals surface area contributed by atoms with E-state index in [0.717, 1.165) is 0 Å². The molecule has 1 unspecified atom stereocenters. The summed E-state index contributed by atoms with van der Waals surface area (Å²) < 4.78 is 26.9. The van der Waals surface area contributed by atoms with E-state index in [0.29, 0.717) is 25.5 Å². The highest BCUT2D eigenvalue weighted by atomic mass is 35.5. The predicted octanol–water partition coefficient (Wildman–Crippen LogP) is 2.51. The maximum Gasteiger partial charge on any atom is 0.267 e. The summed E-state index contributed by atoms with van der Waals surface area (Å²) in [6.45, 7) is 0.874. The third-order valence-electron chi connectivity index (χ3n) is 4.64. The lowest BCUT2D eigenvalue weighted by molar-refractivity contribution is -0.131. The maximum absolute atomic E-state index is 13.2. The monoisotopic (exact) mass is 456 g/mol. The quantitative estimate of drug-likeness (QED) is 0.735. The number of halogens is 2. The third kappa shape index (κ3) is 4.49. The molecule has 29 heavy (non-hydrogen) atoms. The molecular weight excluding hydrogens is 439 g/mol. The Morgan fingerprint density at radius 1 is 1.14 bits per heavy atom. The smallest absolute Gasteiger partial charge is 0.267 e. The molecular formula is C19H18Cl2N2O5S. The number of hydrogen-bond donors (Lipinski definition) is 2. The van der Waals surface area contributed by atoms with E-state index in [1.807, 2.05) is 0 Å². The molecule has 0 aromatic heterocycles. The molecule has 2 aromatic carbocycles. The molecule has 0 saturated carbocycles. The molecule has 2 amide bonds. The van der Waals surface area contributed by atoms with E-state index in [4.69, 9.17) is 23.2 Å². The van der Waals surface area contributed by atoms with E-state index in [1.54, 1.807) is 6.92 Å². The standard InChI is InChI=1S/C19H18Cl2N2O5S/c1-11-6-14(20)3-5-17(11)29(27,28)23-10-18(25)22-9-13(19(23)26)7-12-8-15(21)2-4-16(12)24/h2-6,8,13,24H,7,9-10H2,1H3,(H,22,25). The van der Waals surface area contributed by atoms with Crippen molar-refractivity contribution in [3.05, 3.63) is 57.6 Å². The van der Waals surface area contributed by atoms with E-state index in [2.05, 4.69) is 5.32 Å². The molecule has 2 N–H and O–H groups in total. The average molecular weight is 457 g/mol. The summed E-state index contributed by atoms with van der Waals surface area (Å²) in [4.78, 5) is 25.1. The Labute approximate surface area is 178 Å². The van der Waals surface area contributed by atoms with Crippen LogP contribution in [-0.2, 0) is 26.0 Å². The summed E-state index contributed by atoms with van der Waals surface area (Å²) in [7, 11) is -4.28. The number of phenolic OH excluding ortho intramolecular Hbond substituents is 1. The lowest BCUT2D eigenvalue weighted by Crippen LogP contribution is -2.42. The van der Waals surface area contributed by atoms with Gasteiger partial charge in [-0.1, -0.05) is 23.2 Å². The summed E-state index contributed by atoms with van der Waals surface area (Å²) in [6, 6.07) is 8.57. The van der Waals surface area contributed by atoms with Crippen LogP contribution in [0.15, 0.2) is 41.3 Å². The molecule has 1 saturated heterocycles.